The second-order valence-electron chi connectivity index (χ2n) is 3.78. The second-order valence-corrected chi connectivity index (χ2v) is 3.78. The largest absolute Gasteiger partial charge is 0.359 e. The van der Waals surface area contributed by atoms with Crippen LogP contribution in [0, 0.1) is 0 Å². The van der Waals surface area contributed by atoms with E-state index in [0.717, 1.165) is 0 Å². The summed E-state index contributed by atoms with van der Waals surface area (Å²) in [4.78, 5) is 0. The lowest BCUT2D eigenvalue weighted by atomic mass is 9.28. The Balaban J connectivity index is 3.75. The highest BCUT2D eigenvalue weighted by Gasteiger charge is 2.29. The molecule has 0 amide bonds. The van der Waals surface area contributed by atoms with Crippen LogP contribution in [0.4, 0.5) is 13.2 Å². The number of alkyl halides is 3. The Kier molecular flexibility index (Phi) is 2.20. The highest BCUT2D eigenvalue weighted by molar-refractivity contribution is 6.76. The predicted molar refractivity (Wildman–Crippen MR) is 34.2 cm³/mol. The normalized spacial score (nSPS) is 14.0. The Morgan fingerprint density at radius 3 is 1.44 bits per heavy atom. The first-order chi connectivity index (χ1) is 3.71. The van der Waals surface area contributed by atoms with E-state index in [1.54, 1.807) is 20.5 Å². The number of halogens is 3. The van der Waals surface area contributed by atoms with E-state index in [0.29, 0.717) is 0 Å². The Morgan fingerprint density at radius 1 is 1.11 bits per heavy atom. The maximum Gasteiger partial charge on any atom is 0.359 e. The van der Waals surface area contributed by atoms with Gasteiger partial charge < -0.3 is 0 Å². The lowest BCUT2D eigenvalue weighted by molar-refractivity contribution is -0.110. The molecule has 56 valence electrons. The molecule has 0 saturated heterocycles. The van der Waals surface area contributed by atoms with Crippen molar-refractivity contribution in [1.29, 1.82) is 0 Å². The van der Waals surface area contributed by atoms with E-state index in [4.69, 9.17) is 0 Å². The first-order valence-electron chi connectivity index (χ1n) is 3.06. The number of hydrogen-bond acceptors (Lipinski definition) is 0. The monoisotopic (exact) mass is 139 g/mol. The van der Waals surface area contributed by atoms with Gasteiger partial charge in [0.15, 0.2) is 0 Å². The fourth-order valence-corrected chi connectivity index (χ4v) is 0.694. The van der Waals surface area contributed by atoms with Crippen molar-refractivity contribution in [3.05, 3.63) is 0 Å². The van der Waals surface area contributed by atoms with Gasteiger partial charge in [0.05, 0.1) is 0 Å². The zero-order valence-electron chi connectivity index (χ0n) is 5.92. The molecule has 0 aromatic rings. The quantitative estimate of drug-likeness (QED) is 0.490. The van der Waals surface area contributed by atoms with Gasteiger partial charge in [-0.1, -0.05) is 6.32 Å². The molecule has 0 spiro atoms. The van der Waals surface area contributed by atoms with Crippen molar-refractivity contribution in [3.63, 3.8) is 0 Å². The van der Waals surface area contributed by atoms with Crippen molar-refractivity contribution in [2.75, 3.05) is 0 Å². The summed E-state index contributed by atoms with van der Waals surface area (Å²) in [5, 5.41) is 0. The van der Waals surface area contributed by atoms with Gasteiger partial charge in [-0.2, -0.15) is 33.6 Å². The average molecular weight is 139 g/mol. The van der Waals surface area contributed by atoms with Crippen LogP contribution in [0.15, 0.2) is 0 Å². The number of rotatable bonds is 1. The van der Waals surface area contributed by atoms with Gasteiger partial charge in [-0.15, -0.1) is 0 Å². The molecule has 0 N–H and O–H groups in total. The molecular weight excluding hydrogens is 128 g/mol. The van der Waals surface area contributed by atoms with Crippen molar-refractivity contribution in [2.24, 2.45) is 0 Å². The predicted octanol–water partition coefficient (Wildman–Crippen LogP) is 2.89. The van der Waals surface area contributed by atoms with Crippen LogP contribution >= 0.6 is 0 Å². The van der Waals surface area contributed by atoms with E-state index in [1.165, 1.54) is 0 Å². The molecule has 0 aliphatic rings. The van der Waals surface area contributed by atoms with Gasteiger partial charge in [-0.05, 0) is 0 Å². The van der Waals surface area contributed by atoms with Crippen molar-refractivity contribution in [3.8, 4) is 0 Å². The van der Waals surface area contributed by atoms with Gasteiger partial charge in [0.25, 0.3) is 0 Å². The van der Waals surface area contributed by atoms with Gasteiger partial charge in [-0.3, -0.25) is 0 Å². The van der Waals surface area contributed by atoms with Crippen LogP contribution in [0.1, 0.15) is 0 Å². The third kappa shape index (κ3) is 7.85. The SMILES string of the molecule is C[B-](C)(C)CC(F)(F)F. The molecule has 0 bridgehead atoms. The van der Waals surface area contributed by atoms with E-state index < -0.39 is 18.6 Å². The van der Waals surface area contributed by atoms with Crippen LogP contribution in [0.3, 0.4) is 0 Å². The summed E-state index contributed by atoms with van der Waals surface area (Å²) >= 11 is 0. The van der Waals surface area contributed by atoms with E-state index in [1.807, 2.05) is 0 Å². The van der Waals surface area contributed by atoms with E-state index in [9.17, 15) is 13.2 Å². The van der Waals surface area contributed by atoms with E-state index in [2.05, 4.69) is 0 Å². The third-order valence-electron chi connectivity index (χ3n) is 0.844. The standard InChI is InChI=1S/C5H11BF3/c1-6(2,3)4-5(7,8)9/h4H2,1-3H3/q-1. The highest BCUT2D eigenvalue weighted by Crippen LogP contribution is 2.27. The maximum absolute atomic E-state index is 11.6. The van der Waals surface area contributed by atoms with Crippen LogP contribution in [-0.2, 0) is 0 Å². The van der Waals surface area contributed by atoms with Crippen LogP contribution in [-0.4, -0.2) is 12.3 Å². The summed E-state index contributed by atoms with van der Waals surface area (Å²) in [5.74, 6) is 0. The molecule has 0 heterocycles. The van der Waals surface area contributed by atoms with Crippen molar-refractivity contribution in [2.45, 2.75) is 33.0 Å². The molecule has 0 unspecified atom stereocenters. The molecule has 0 aliphatic carbocycles. The Morgan fingerprint density at radius 2 is 1.44 bits per heavy atom. The summed E-state index contributed by atoms with van der Waals surface area (Å²) in [5.41, 5.74) is 0. The van der Waals surface area contributed by atoms with Crippen molar-refractivity contribution >= 4 is 6.15 Å². The molecule has 4 heteroatoms. The van der Waals surface area contributed by atoms with Gasteiger partial charge in [0.2, 0.25) is 0 Å². The molecule has 0 fully saturated rings. The van der Waals surface area contributed by atoms with Crippen LogP contribution in [0.5, 0.6) is 0 Å². The van der Waals surface area contributed by atoms with E-state index in [-0.39, 0.29) is 0 Å². The first kappa shape index (κ1) is 8.85. The average Bonchev–Trinajstić information content (AvgIpc) is 1.14. The highest BCUT2D eigenvalue weighted by atomic mass is 19.4. The molecule has 9 heavy (non-hydrogen) atoms. The molecule has 0 aromatic heterocycles. The Bertz CT molecular complexity index is 77.4. The fraction of sp³-hybridized carbons (Fsp3) is 1.00. The zero-order chi connectivity index (χ0) is 7.71. The van der Waals surface area contributed by atoms with Gasteiger partial charge in [0, 0.05) is 6.15 Å². The summed E-state index contributed by atoms with van der Waals surface area (Å²) in [7, 11) is 0. The van der Waals surface area contributed by atoms with Crippen molar-refractivity contribution in [1.82, 2.24) is 0 Å². The van der Waals surface area contributed by atoms with Crippen molar-refractivity contribution < 1.29 is 13.2 Å². The lowest BCUT2D eigenvalue weighted by Gasteiger charge is -2.24. The fourth-order valence-electron chi connectivity index (χ4n) is 0.694. The minimum Gasteiger partial charge on any atom is -0.190 e. The van der Waals surface area contributed by atoms with Crippen LogP contribution in [0.25, 0.3) is 0 Å². The maximum atomic E-state index is 11.6. The Hall–Kier alpha value is -0.145. The lowest BCUT2D eigenvalue weighted by Crippen LogP contribution is -2.27. The molecule has 0 aliphatic heterocycles. The minimum absolute atomic E-state index is 0.646. The molecule has 0 aromatic carbocycles. The topological polar surface area (TPSA) is 0 Å². The summed E-state index contributed by atoms with van der Waals surface area (Å²) in [6.07, 6.45) is -5.85. The third-order valence-corrected chi connectivity index (χ3v) is 0.844. The minimum atomic E-state index is -3.99. The van der Waals surface area contributed by atoms with E-state index >= 15 is 0 Å². The molecule has 0 radical (unpaired) electrons. The van der Waals surface area contributed by atoms with Crippen LogP contribution < -0.4 is 0 Å². The molecule has 0 rings (SSSR count). The first-order valence-corrected chi connectivity index (χ1v) is 3.06. The summed E-state index contributed by atoms with van der Waals surface area (Å²) in [6.45, 7) is 4.90. The molecular formula is C5H11BF3-. The molecule has 0 saturated carbocycles. The van der Waals surface area contributed by atoms with Gasteiger partial charge >= 0.3 is 6.18 Å². The van der Waals surface area contributed by atoms with Gasteiger partial charge in [-0.25, -0.2) is 0 Å². The van der Waals surface area contributed by atoms with Gasteiger partial charge in [0.1, 0.15) is 0 Å². The Labute approximate surface area is 53.4 Å². The molecule has 0 atom stereocenters. The summed E-state index contributed by atoms with van der Waals surface area (Å²) < 4.78 is 34.7. The smallest absolute Gasteiger partial charge is 0.190 e. The zero-order valence-corrected chi connectivity index (χ0v) is 5.92. The van der Waals surface area contributed by atoms with Crippen LogP contribution in [0.2, 0.25) is 26.8 Å². The summed E-state index contributed by atoms with van der Waals surface area (Å²) in [6, 6.07) is 0. The molecule has 0 nitrogen and oxygen atoms in total. The number of hydrogen-bond donors (Lipinski definition) is 0. The second kappa shape index (κ2) is 2.23.